The average Bonchev–Trinajstić information content (AvgIpc) is 2.35. The highest BCUT2D eigenvalue weighted by Gasteiger charge is 2.12. The van der Waals surface area contributed by atoms with Gasteiger partial charge in [0, 0.05) is 16.3 Å². The Morgan fingerprint density at radius 3 is 2.61 bits per heavy atom. The van der Waals surface area contributed by atoms with E-state index in [2.05, 4.69) is 4.98 Å². The summed E-state index contributed by atoms with van der Waals surface area (Å²) in [5, 5.41) is 12.3. The molecule has 0 aliphatic heterocycles. The van der Waals surface area contributed by atoms with Crippen molar-refractivity contribution in [3.8, 4) is 5.75 Å². The number of aromatic amines is 1. The number of H-pyrrole nitrogens is 1. The van der Waals surface area contributed by atoms with Gasteiger partial charge in [0.1, 0.15) is 5.75 Å². The number of hydrogen-bond acceptors (Lipinski definition) is 2. The molecule has 2 N–H and O–H groups in total. The molecule has 0 saturated heterocycles. The first-order chi connectivity index (χ1) is 8.59. The molecule has 0 fully saturated rings. The van der Waals surface area contributed by atoms with Crippen molar-refractivity contribution in [1.29, 1.82) is 0 Å². The van der Waals surface area contributed by atoms with Crippen LogP contribution >= 0.6 is 0 Å². The van der Waals surface area contributed by atoms with Crippen LogP contribution in [-0.4, -0.2) is 10.1 Å². The maximum absolute atomic E-state index is 12.1. The molecule has 2 aromatic carbocycles. The third-order valence-electron chi connectivity index (χ3n) is 3.51. The Labute approximate surface area is 104 Å². The summed E-state index contributed by atoms with van der Waals surface area (Å²) in [6.45, 7) is 3.75. The van der Waals surface area contributed by atoms with Crippen molar-refractivity contribution in [2.45, 2.75) is 13.8 Å². The smallest absolute Gasteiger partial charge is 0.260 e. The molecule has 0 radical (unpaired) electrons. The van der Waals surface area contributed by atoms with Crippen LogP contribution in [0.15, 0.2) is 35.1 Å². The van der Waals surface area contributed by atoms with Gasteiger partial charge in [0.2, 0.25) is 0 Å². The largest absolute Gasteiger partial charge is 0.507 e. The van der Waals surface area contributed by atoms with Crippen LogP contribution in [0.25, 0.3) is 21.7 Å². The minimum atomic E-state index is -0.246. The number of nitrogens with one attached hydrogen (secondary N) is 1. The molecule has 0 saturated carbocycles. The van der Waals surface area contributed by atoms with Crippen LogP contribution in [-0.2, 0) is 0 Å². The molecule has 1 aromatic heterocycles. The molecule has 0 amide bonds. The van der Waals surface area contributed by atoms with E-state index in [1.807, 2.05) is 44.2 Å². The summed E-state index contributed by atoms with van der Waals surface area (Å²) in [4.78, 5) is 14.9. The first kappa shape index (κ1) is 10.8. The van der Waals surface area contributed by atoms with Crippen molar-refractivity contribution in [2.75, 3.05) is 0 Å². The van der Waals surface area contributed by atoms with Gasteiger partial charge in [0.15, 0.2) is 0 Å². The lowest BCUT2D eigenvalue weighted by Gasteiger charge is -2.09. The molecule has 0 unspecified atom stereocenters. The van der Waals surface area contributed by atoms with E-state index in [9.17, 15) is 9.90 Å². The van der Waals surface area contributed by atoms with Gasteiger partial charge in [-0.15, -0.1) is 0 Å². The zero-order valence-corrected chi connectivity index (χ0v) is 10.2. The van der Waals surface area contributed by atoms with E-state index in [4.69, 9.17) is 0 Å². The summed E-state index contributed by atoms with van der Waals surface area (Å²) in [6.07, 6.45) is 0. The predicted octanol–water partition coefficient (Wildman–Crippen LogP) is 3.00. The second-order valence-corrected chi connectivity index (χ2v) is 4.59. The molecule has 0 aliphatic rings. The van der Waals surface area contributed by atoms with Gasteiger partial charge in [-0.05, 0) is 31.0 Å². The first-order valence-electron chi connectivity index (χ1n) is 5.83. The van der Waals surface area contributed by atoms with Crippen LogP contribution in [0.5, 0.6) is 5.75 Å². The third-order valence-corrected chi connectivity index (χ3v) is 3.51. The number of para-hydroxylation sites is 1. The quantitative estimate of drug-likeness (QED) is 0.592. The van der Waals surface area contributed by atoms with Crippen LogP contribution in [0.3, 0.4) is 0 Å². The Morgan fingerprint density at radius 2 is 1.83 bits per heavy atom. The molecular formula is C15H13NO2. The van der Waals surface area contributed by atoms with Crippen molar-refractivity contribution in [3.05, 3.63) is 51.8 Å². The van der Waals surface area contributed by atoms with Crippen molar-refractivity contribution in [3.63, 3.8) is 0 Å². The van der Waals surface area contributed by atoms with Gasteiger partial charge in [-0.25, -0.2) is 0 Å². The fourth-order valence-electron chi connectivity index (χ4n) is 2.35. The van der Waals surface area contributed by atoms with Gasteiger partial charge < -0.3 is 10.1 Å². The Kier molecular flexibility index (Phi) is 2.17. The molecule has 90 valence electrons. The van der Waals surface area contributed by atoms with Crippen molar-refractivity contribution < 1.29 is 5.11 Å². The number of pyridine rings is 1. The summed E-state index contributed by atoms with van der Waals surface area (Å²) in [6, 6.07) is 9.57. The highest BCUT2D eigenvalue weighted by Crippen LogP contribution is 2.31. The summed E-state index contributed by atoms with van der Waals surface area (Å²) in [5.41, 5.74) is 2.28. The van der Waals surface area contributed by atoms with Gasteiger partial charge in [-0.3, -0.25) is 4.79 Å². The van der Waals surface area contributed by atoms with E-state index in [1.54, 1.807) is 0 Å². The van der Waals surface area contributed by atoms with Crippen LogP contribution in [0.2, 0.25) is 0 Å². The van der Waals surface area contributed by atoms with Crippen molar-refractivity contribution in [2.24, 2.45) is 0 Å². The summed E-state index contributed by atoms with van der Waals surface area (Å²) < 4.78 is 0. The standard InChI is InChI=1S/C15H13NO2/c1-8-7-11-10-5-3-4-6-12(10)16-15(18)13(11)14(17)9(8)2/h3-7,17H,1-2H3,(H,16,18). The van der Waals surface area contributed by atoms with Crippen LogP contribution in [0.4, 0.5) is 0 Å². The van der Waals surface area contributed by atoms with Crippen molar-refractivity contribution in [1.82, 2.24) is 4.98 Å². The lowest BCUT2D eigenvalue weighted by molar-refractivity contribution is 0.476. The lowest BCUT2D eigenvalue weighted by atomic mass is 9.99. The number of fused-ring (bicyclic) bond motifs is 3. The Hall–Kier alpha value is -2.29. The fraction of sp³-hybridized carbons (Fsp3) is 0.133. The zero-order chi connectivity index (χ0) is 12.9. The topological polar surface area (TPSA) is 53.1 Å². The van der Waals surface area contributed by atoms with E-state index in [0.29, 0.717) is 5.39 Å². The number of rotatable bonds is 0. The van der Waals surface area contributed by atoms with E-state index in [0.717, 1.165) is 27.4 Å². The fourth-order valence-corrected chi connectivity index (χ4v) is 2.35. The average molecular weight is 239 g/mol. The van der Waals surface area contributed by atoms with Gasteiger partial charge in [0.25, 0.3) is 5.56 Å². The Morgan fingerprint density at radius 1 is 1.11 bits per heavy atom. The molecule has 0 aliphatic carbocycles. The number of aromatic nitrogens is 1. The second kappa shape index (κ2) is 3.60. The molecule has 0 spiro atoms. The van der Waals surface area contributed by atoms with E-state index < -0.39 is 0 Å². The van der Waals surface area contributed by atoms with Gasteiger partial charge in [-0.1, -0.05) is 24.3 Å². The Bertz CT molecular complexity index is 831. The molecule has 3 heteroatoms. The van der Waals surface area contributed by atoms with Gasteiger partial charge in [-0.2, -0.15) is 0 Å². The predicted molar refractivity (Wildman–Crippen MR) is 73.2 cm³/mol. The lowest BCUT2D eigenvalue weighted by Crippen LogP contribution is -2.07. The Balaban J connectivity index is 2.70. The van der Waals surface area contributed by atoms with Crippen LogP contribution in [0, 0.1) is 13.8 Å². The number of phenols is 1. The minimum absolute atomic E-state index is 0.0806. The second-order valence-electron chi connectivity index (χ2n) is 4.59. The maximum Gasteiger partial charge on any atom is 0.260 e. The molecular weight excluding hydrogens is 226 g/mol. The SMILES string of the molecule is Cc1cc2c(c(O)c1C)c(=O)[nH]c1ccccc12. The van der Waals surface area contributed by atoms with Gasteiger partial charge >= 0.3 is 0 Å². The summed E-state index contributed by atoms with van der Waals surface area (Å²) in [5.74, 6) is 0.0806. The molecule has 3 nitrogen and oxygen atoms in total. The third kappa shape index (κ3) is 1.34. The highest BCUT2D eigenvalue weighted by molar-refractivity contribution is 6.07. The number of hydrogen-bond donors (Lipinski definition) is 2. The monoisotopic (exact) mass is 239 g/mol. The highest BCUT2D eigenvalue weighted by atomic mass is 16.3. The molecule has 0 atom stereocenters. The minimum Gasteiger partial charge on any atom is -0.507 e. The number of benzene rings is 2. The molecule has 3 rings (SSSR count). The molecule has 0 bridgehead atoms. The first-order valence-corrected chi connectivity index (χ1v) is 5.83. The summed E-state index contributed by atoms with van der Waals surface area (Å²) in [7, 11) is 0. The van der Waals surface area contributed by atoms with Gasteiger partial charge in [0.05, 0.1) is 5.39 Å². The van der Waals surface area contributed by atoms with Crippen molar-refractivity contribution >= 4 is 21.7 Å². The zero-order valence-electron chi connectivity index (χ0n) is 10.2. The maximum atomic E-state index is 12.1. The van der Waals surface area contributed by atoms with Crippen LogP contribution in [0.1, 0.15) is 11.1 Å². The number of aromatic hydroxyl groups is 1. The van der Waals surface area contributed by atoms with E-state index in [-0.39, 0.29) is 11.3 Å². The number of aryl methyl sites for hydroxylation is 1. The van der Waals surface area contributed by atoms with E-state index in [1.165, 1.54) is 0 Å². The molecule has 3 aromatic rings. The molecule has 18 heavy (non-hydrogen) atoms. The van der Waals surface area contributed by atoms with Crippen LogP contribution < -0.4 is 5.56 Å². The number of phenolic OH excluding ortho intramolecular Hbond substituents is 1. The normalized spacial score (nSPS) is 11.2. The van der Waals surface area contributed by atoms with E-state index >= 15 is 0 Å². The summed E-state index contributed by atoms with van der Waals surface area (Å²) >= 11 is 0. The molecule has 1 heterocycles.